The smallest absolute Gasteiger partial charge is 0.341 e. The molecule has 1 atom stereocenters. The Morgan fingerprint density at radius 3 is 2.56 bits per heavy atom. The van der Waals surface area contributed by atoms with E-state index in [1.807, 2.05) is 0 Å². The Hall–Kier alpha value is -4.40. The topological polar surface area (TPSA) is 99.6 Å². The highest BCUT2D eigenvalue weighted by atomic mass is 19.1. The molecule has 2 amide bonds. The zero-order valence-electron chi connectivity index (χ0n) is 19.3. The summed E-state index contributed by atoms with van der Waals surface area (Å²) in [4.78, 5) is 18.5. The van der Waals surface area contributed by atoms with E-state index in [0.29, 0.717) is 34.6 Å². The molecule has 0 radical (unpaired) electrons. The first kappa shape index (κ1) is 23.3. The molecule has 0 N–H and O–H groups in total. The number of carbonyl (C=O) groups is 1. The zero-order chi connectivity index (χ0) is 25.6. The summed E-state index contributed by atoms with van der Waals surface area (Å²) in [5.74, 6) is -2.18. The van der Waals surface area contributed by atoms with Gasteiger partial charge in [0.25, 0.3) is 0 Å². The number of nitrogens with zero attached hydrogens (tertiary/aromatic N) is 7. The molecule has 0 bridgehead atoms. The van der Waals surface area contributed by atoms with Crippen LogP contribution in [0.1, 0.15) is 29.3 Å². The Labute approximate surface area is 204 Å². The van der Waals surface area contributed by atoms with Gasteiger partial charge in [-0.05, 0) is 24.6 Å². The van der Waals surface area contributed by atoms with Gasteiger partial charge >= 0.3 is 6.03 Å². The lowest BCUT2D eigenvalue weighted by Gasteiger charge is -2.41. The molecule has 36 heavy (non-hydrogen) atoms. The number of hydrazone groups is 1. The van der Waals surface area contributed by atoms with Crippen molar-refractivity contribution in [3.8, 4) is 23.2 Å². The van der Waals surface area contributed by atoms with Gasteiger partial charge < -0.3 is 9.64 Å². The molecule has 2 aromatic heterocycles. The summed E-state index contributed by atoms with van der Waals surface area (Å²) in [5, 5.41) is 18.8. The number of aryl methyl sites for hydroxylation is 1. The third-order valence-electron chi connectivity index (χ3n) is 6.16. The summed E-state index contributed by atoms with van der Waals surface area (Å²) in [5.41, 5.74) is 2.09. The van der Waals surface area contributed by atoms with Crippen LogP contribution in [0.15, 0.2) is 35.6 Å². The second kappa shape index (κ2) is 8.99. The fourth-order valence-corrected chi connectivity index (χ4v) is 4.31. The highest BCUT2D eigenvalue weighted by Crippen LogP contribution is 2.32. The monoisotopic (exact) mass is 495 g/mol. The molecule has 3 aromatic rings. The van der Waals surface area contributed by atoms with Crippen molar-refractivity contribution in [3.05, 3.63) is 64.7 Å². The van der Waals surface area contributed by atoms with Crippen molar-refractivity contribution in [2.45, 2.75) is 25.5 Å². The van der Waals surface area contributed by atoms with Gasteiger partial charge in [0, 0.05) is 37.4 Å². The molecule has 4 heterocycles. The Morgan fingerprint density at radius 1 is 1.17 bits per heavy atom. The number of amides is 2. The molecule has 9 nitrogen and oxygen atoms in total. The van der Waals surface area contributed by atoms with E-state index in [1.54, 1.807) is 14.0 Å². The van der Waals surface area contributed by atoms with E-state index in [-0.39, 0.29) is 18.8 Å². The van der Waals surface area contributed by atoms with E-state index < -0.39 is 35.6 Å². The minimum Gasteiger partial charge on any atom is -0.483 e. The van der Waals surface area contributed by atoms with E-state index >= 15 is 0 Å². The average Bonchev–Trinajstić information content (AvgIpc) is 3.40. The molecule has 0 spiro atoms. The second-order valence-corrected chi connectivity index (χ2v) is 8.58. The maximum absolute atomic E-state index is 14.4. The number of rotatable bonds is 4. The second-order valence-electron chi connectivity index (χ2n) is 8.58. The summed E-state index contributed by atoms with van der Waals surface area (Å²) in [6.45, 7) is 2.08. The van der Waals surface area contributed by atoms with Crippen LogP contribution in [0.5, 0.6) is 5.75 Å². The third-order valence-corrected chi connectivity index (χ3v) is 6.16. The number of hydrogen-bond donors (Lipinski definition) is 0. The van der Waals surface area contributed by atoms with E-state index in [9.17, 15) is 23.2 Å². The maximum atomic E-state index is 14.4. The standard InChI is InChI=1S/C24H20F3N7O2/c1-13-21(9-28)32(2)31-23(13)19-8-22(18(27)10-29-19)36-17-11-33(12-17)24(35)34-20(3-4-30-34)14-5-15(25)7-16(26)6-14/h4-8,10,17,20H,3,11-12H2,1-2H3. The van der Waals surface area contributed by atoms with Crippen molar-refractivity contribution >= 4 is 12.2 Å². The van der Waals surface area contributed by atoms with Crippen LogP contribution < -0.4 is 4.74 Å². The summed E-state index contributed by atoms with van der Waals surface area (Å²) in [6, 6.07) is 5.54. The Balaban J connectivity index is 1.26. The number of likely N-dealkylation sites (tertiary alicyclic amines) is 1. The van der Waals surface area contributed by atoms with Gasteiger partial charge in [-0.2, -0.15) is 15.5 Å². The number of pyridine rings is 1. The van der Waals surface area contributed by atoms with Crippen molar-refractivity contribution in [2.75, 3.05) is 13.1 Å². The molecule has 184 valence electrons. The van der Waals surface area contributed by atoms with Gasteiger partial charge in [-0.15, -0.1) is 0 Å². The third kappa shape index (κ3) is 4.13. The number of nitriles is 1. The molecule has 0 aliphatic carbocycles. The number of carbonyl (C=O) groups excluding carboxylic acids is 1. The van der Waals surface area contributed by atoms with E-state index in [1.165, 1.54) is 39.0 Å². The van der Waals surface area contributed by atoms with Crippen LogP contribution in [0.2, 0.25) is 0 Å². The lowest BCUT2D eigenvalue weighted by molar-refractivity contribution is 0.0256. The van der Waals surface area contributed by atoms with Crippen LogP contribution in [0.3, 0.4) is 0 Å². The molecule has 12 heteroatoms. The molecule has 0 saturated carbocycles. The van der Waals surface area contributed by atoms with Crippen LogP contribution >= 0.6 is 0 Å². The molecule has 1 aromatic carbocycles. The number of urea groups is 1. The van der Waals surface area contributed by atoms with Gasteiger partial charge in [-0.1, -0.05) is 0 Å². The molecule has 2 aliphatic heterocycles. The normalized spacial score (nSPS) is 17.3. The van der Waals surface area contributed by atoms with Crippen LogP contribution in [-0.2, 0) is 7.05 Å². The van der Waals surface area contributed by atoms with Gasteiger partial charge in [0.2, 0.25) is 0 Å². The number of ether oxygens (including phenoxy) is 1. The molecule has 1 fully saturated rings. The van der Waals surface area contributed by atoms with Crippen molar-refractivity contribution in [2.24, 2.45) is 12.1 Å². The Morgan fingerprint density at radius 2 is 1.89 bits per heavy atom. The summed E-state index contributed by atoms with van der Waals surface area (Å²) in [6.07, 6.45) is 2.39. The predicted molar refractivity (Wildman–Crippen MR) is 121 cm³/mol. The fourth-order valence-electron chi connectivity index (χ4n) is 4.31. The Kier molecular flexibility index (Phi) is 5.83. The van der Waals surface area contributed by atoms with Gasteiger partial charge in [0.05, 0.1) is 31.0 Å². The number of aromatic nitrogens is 3. The predicted octanol–water partition coefficient (Wildman–Crippen LogP) is 3.70. The van der Waals surface area contributed by atoms with Crippen molar-refractivity contribution < 1.29 is 22.7 Å². The summed E-state index contributed by atoms with van der Waals surface area (Å²) >= 11 is 0. The van der Waals surface area contributed by atoms with Crippen molar-refractivity contribution in [1.82, 2.24) is 24.7 Å². The summed E-state index contributed by atoms with van der Waals surface area (Å²) < 4.78 is 49.0. The number of benzene rings is 1. The lowest BCUT2D eigenvalue weighted by Crippen LogP contribution is -2.58. The first-order chi connectivity index (χ1) is 17.2. The fraction of sp³-hybridized carbons (Fsp3) is 0.292. The van der Waals surface area contributed by atoms with E-state index in [2.05, 4.69) is 21.3 Å². The van der Waals surface area contributed by atoms with Crippen molar-refractivity contribution in [1.29, 1.82) is 5.26 Å². The summed E-state index contributed by atoms with van der Waals surface area (Å²) in [7, 11) is 1.63. The highest BCUT2D eigenvalue weighted by Gasteiger charge is 2.39. The molecule has 2 aliphatic rings. The molecule has 1 unspecified atom stereocenters. The molecular weight excluding hydrogens is 475 g/mol. The lowest BCUT2D eigenvalue weighted by atomic mass is 10.0. The quantitative estimate of drug-likeness (QED) is 0.550. The van der Waals surface area contributed by atoms with Gasteiger partial charge in [0.1, 0.15) is 35.2 Å². The van der Waals surface area contributed by atoms with E-state index in [0.717, 1.165) is 12.3 Å². The minimum absolute atomic E-state index is 0.0482. The van der Waals surface area contributed by atoms with E-state index in [4.69, 9.17) is 4.74 Å². The minimum atomic E-state index is -0.731. The molecule has 1 saturated heterocycles. The van der Waals surface area contributed by atoms with Gasteiger partial charge in [-0.3, -0.25) is 9.67 Å². The maximum Gasteiger partial charge on any atom is 0.341 e. The first-order valence-electron chi connectivity index (χ1n) is 11.1. The average molecular weight is 495 g/mol. The number of hydrogen-bond acceptors (Lipinski definition) is 6. The number of halogens is 3. The van der Waals surface area contributed by atoms with Crippen LogP contribution in [0.4, 0.5) is 18.0 Å². The molecule has 5 rings (SSSR count). The zero-order valence-corrected chi connectivity index (χ0v) is 19.3. The van der Waals surface area contributed by atoms with Crippen LogP contribution in [0, 0.1) is 35.7 Å². The van der Waals surface area contributed by atoms with Crippen LogP contribution in [-0.4, -0.2) is 56.1 Å². The van der Waals surface area contributed by atoms with Crippen molar-refractivity contribution in [3.63, 3.8) is 0 Å². The van der Waals surface area contributed by atoms with Gasteiger partial charge in [-0.25, -0.2) is 23.0 Å². The van der Waals surface area contributed by atoms with Gasteiger partial charge in [0.15, 0.2) is 11.6 Å². The molecular formula is C24H20F3N7O2. The highest BCUT2D eigenvalue weighted by molar-refractivity contribution is 5.79. The largest absolute Gasteiger partial charge is 0.483 e. The SMILES string of the molecule is Cc1c(-c2cc(OC3CN(C(=O)N4N=CCC4c4cc(F)cc(F)c4)C3)c(F)cn2)nn(C)c1C#N. The Bertz CT molecular complexity index is 1410. The first-order valence-corrected chi connectivity index (χ1v) is 11.1. The van der Waals surface area contributed by atoms with Crippen LogP contribution in [0.25, 0.3) is 11.4 Å².